The first-order valence-corrected chi connectivity index (χ1v) is 5.80. The number of amides is 3. The van der Waals surface area contributed by atoms with Crippen molar-refractivity contribution in [2.75, 3.05) is 32.5 Å². The lowest BCUT2D eigenvalue weighted by Crippen LogP contribution is -2.54. The van der Waals surface area contributed by atoms with Crippen LogP contribution in [0.1, 0.15) is 0 Å². The van der Waals surface area contributed by atoms with E-state index < -0.39 is 6.10 Å². The average molecular weight is 268 g/mol. The Labute approximate surface area is 109 Å². The van der Waals surface area contributed by atoms with Gasteiger partial charge in [0.25, 0.3) is 0 Å². The van der Waals surface area contributed by atoms with Crippen molar-refractivity contribution >= 4 is 17.8 Å². The van der Waals surface area contributed by atoms with Gasteiger partial charge in [0.05, 0.1) is 12.3 Å². The average Bonchev–Trinajstić information content (AvgIpc) is 2.72. The molecule has 0 bridgehead atoms. The zero-order valence-corrected chi connectivity index (χ0v) is 10.8. The first-order chi connectivity index (χ1) is 8.95. The molecular formula is C10H16N6O3. The van der Waals surface area contributed by atoms with E-state index in [1.165, 1.54) is 20.7 Å². The fraction of sp³-hybridized carbons (Fsp3) is 0.600. The molecule has 2 heterocycles. The Kier molecular flexibility index (Phi) is 3.65. The fourth-order valence-electron chi connectivity index (χ4n) is 1.55. The zero-order valence-electron chi connectivity index (χ0n) is 10.8. The molecule has 1 aromatic heterocycles. The number of hydrogen-bond donors (Lipinski definition) is 2. The maximum Gasteiger partial charge on any atom is 0.322 e. The molecule has 1 aliphatic rings. The van der Waals surface area contributed by atoms with Crippen LogP contribution < -0.4 is 5.32 Å². The van der Waals surface area contributed by atoms with Gasteiger partial charge in [-0.15, -0.1) is 5.10 Å². The van der Waals surface area contributed by atoms with E-state index in [1.807, 2.05) is 0 Å². The molecule has 1 saturated heterocycles. The number of hydrogen-bond acceptors (Lipinski definition) is 5. The van der Waals surface area contributed by atoms with E-state index in [2.05, 4.69) is 15.6 Å². The van der Waals surface area contributed by atoms with Crippen LogP contribution in [0.15, 0.2) is 6.20 Å². The number of nitrogens with one attached hydrogen (secondary N) is 1. The number of aliphatic hydroxyl groups is 1. The van der Waals surface area contributed by atoms with Crippen LogP contribution >= 0.6 is 0 Å². The lowest BCUT2D eigenvalue weighted by molar-refractivity contribution is -0.142. The van der Waals surface area contributed by atoms with Crippen LogP contribution in [0.2, 0.25) is 0 Å². The molecule has 9 heteroatoms. The Bertz CT molecular complexity index is 479. The van der Waals surface area contributed by atoms with Gasteiger partial charge in [0, 0.05) is 27.2 Å². The van der Waals surface area contributed by atoms with Crippen LogP contribution in [0.5, 0.6) is 0 Å². The summed E-state index contributed by atoms with van der Waals surface area (Å²) in [6.45, 7) is 0.757. The minimum absolute atomic E-state index is 0.0392. The van der Waals surface area contributed by atoms with Crippen LogP contribution in [0.3, 0.4) is 0 Å². The van der Waals surface area contributed by atoms with E-state index in [0.717, 1.165) is 0 Å². The highest BCUT2D eigenvalue weighted by molar-refractivity contribution is 5.87. The molecule has 0 aliphatic carbocycles. The summed E-state index contributed by atoms with van der Waals surface area (Å²) in [6, 6.07) is -0.316. The number of rotatable bonds is 3. The van der Waals surface area contributed by atoms with Gasteiger partial charge in [-0.3, -0.25) is 10.1 Å². The van der Waals surface area contributed by atoms with Gasteiger partial charge in [-0.2, -0.15) is 0 Å². The monoisotopic (exact) mass is 268 g/mol. The number of carbonyl (C=O) groups excluding carboxylic acids is 2. The van der Waals surface area contributed by atoms with Gasteiger partial charge in [0.15, 0.2) is 5.82 Å². The summed E-state index contributed by atoms with van der Waals surface area (Å²) >= 11 is 0. The number of aliphatic hydroxyl groups excluding tert-OH is 1. The molecule has 3 amide bonds. The second-order valence-electron chi connectivity index (χ2n) is 4.58. The molecule has 0 radical (unpaired) electrons. The number of aromatic nitrogens is 3. The van der Waals surface area contributed by atoms with Crippen molar-refractivity contribution in [3.05, 3.63) is 6.20 Å². The third-order valence-corrected chi connectivity index (χ3v) is 2.69. The highest BCUT2D eigenvalue weighted by Gasteiger charge is 2.28. The van der Waals surface area contributed by atoms with E-state index >= 15 is 0 Å². The molecule has 19 heavy (non-hydrogen) atoms. The standard InChI is InChI=1S/C10H16N6O3/c1-14(2)10(19)11-8-5-16(13-12-8)6-9(18)15-3-7(17)4-15/h5,7,17H,3-4,6H2,1-2H3,(H,11,19). The van der Waals surface area contributed by atoms with Crippen molar-refractivity contribution in [2.45, 2.75) is 12.6 Å². The molecular weight excluding hydrogens is 252 g/mol. The van der Waals surface area contributed by atoms with E-state index in [0.29, 0.717) is 13.1 Å². The Morgan fingerprint density at radius 1 is 1.53 bits per heavy atom. The Morgan fingerprint density at radius 2 is 2.21 bits per heavy atom. The number of carbonyl (C=O) groups is 2. The first-order valence-electron chi connectivity index (χ1n) is 5.80. The lowest BCUT2D eigenvalue weighted by atomic mass is 10.2. The van der Waals surface area contributed by atoms with Gasteiger partial charge in [-0.25, -0.2) is 9.48 Å². The summed E-state index contributed by atoms with van der Waals surface area (Å²) in [5.41, 5.74) is 0. The summed E-state index contributed by atoms with van der Waals surface area (Å²) in [5, 5.41) is 19.1. The predicted molar refractivity (Wildman–Crippen MR) is 65.3 cm³/mol. The lowest BCUT2D eigenvalue weighted by Gasteiger charge is -2.35. The first kappa shape index (κ1) is 13.3. The molecule has 1 aliphatic heterocycles. The van der Waals surface area contributed by atoms with Gasteiger partial charge in [0.1, 0.15) is 6.54 Å². The van der Waals surface area contributed by atoms with Crippen molar-refractivity contribution < 1.29 is 14.7 Å². The number of β-amino-alcohol motifs (C(OH)–C–C–N with tert-alkyl or cyclic N) is 1. The molecule has 2 N–H and O–H groups in total. The van der Waals surface area contributed by atoms with Gasteiger partial charge < -0.3 is 14.9 Å². The minimum atomic E-state index is -0.422. The number of urea groups is 1. The Balaban J connectivity index is 1.87. The second kappa shape index (κ2) is 5.22. The van der Waals surface area contributed by atoms with Crippen molar-refractivity contribution in [3.8, 4) is 0 Å². The van der Waals surface area contributed by atoms with E-state index in [4.69, 9.17) is 5.11 Å². The van der Waals surface area contributed by atoms with E-state index in [1.54, 1.807) is 14.1 Å². The van der Waals surface area contributed by atoms with Crippen LogP contribution in [0.4, 0.5) is 10.6 Å². The minimum Gasteiger partial charge on any atom is -0.389 e. The summed E-state index contributed by atoms with van der Waals surface area (Å²) in [7, 11) is 3.22. The SMILES string of the molecule is CN(C)C(=O)Nc1cn(CC(=O)N2CC(O)C2)nn1. The molecule has 0 spiro atoms. The largest absolute Gasteiger partial charge is 0.389 e. The van der Waals surface area contributed by atoms with Crippen LogP contribution in [-0.2, 0) is 11.3 Å². The van der Waals surface area contributed by atoms with Gasteiger partial charge >= 0.3 is 6.03 Å². The Hall–Kier alpha value is -2.16. The molecule has 1 aromatic rings. The van der Waals surface area contributed by atoms with Crippen molar-refractivity contribution in [3.63, 3.8) is 0 Å². The van der Waals surface area contributed by atoms with Gasteiger partial charge in [0.2, 0.25) is 5.91 Å². The highest BCUT2D eigenvalue weighted by atomic mass is 16.3. The molecule has 0 saturated carbocycles. The third kappa shape index (κ3) is 3.19. The molecule has 9 nitrogen and oxygen atoms in total. The van der Waals surface area contributed by atoms with Crippen LogP contribution in [0.25, 0.3) is 0 Å². The maximum absolute atomic E-state index is 11.7. The highest BCUT2D eigenvalue weighted by Crippen LogP contribution is 2.08. The van der Waals surface area contributed by atoms with Gasteiger partial charge in [-0.05, 0) is 0 Å². The molecule has 0 atom stereocenters. The smallest absolute Gasteiger partial charge is 0.322 e. The van der Waals surface area contributed by atoms with Gasteiger partial charge in [-0.1, -0.05) is 5.21 Å². The van der Waals surface area contributed by atoms with Crippen molar-refractivity contribution in [2.24, 2.45) is 0 Å². The van der Waals surface area contributed by atoms with Crippen molar-refractivity contribution in [1.29, 1.82) is 0 Å². The quantitative estimate of drug-likeness (QED) is 0.700. The number of nitrogens with zero attached hydrogens (tertiary/aromatic N) is 5. The van der Waals surface area contributed by atoms with Crippen LogP contribution in [-0.4, -0.2) is 75.1 Å². The summed E-state index contributed by atoms with van der Waals surface area (Å²) in [6.07, 6.45) is 1.06. The normalized spacial score (nSPS) is 15.0. The second-order valence-corrected chi connectivity index (χ2v) is 4.58. The van der Waals surface area contributed by atoms with E-state index in [9.17, 15) is 9.59 Å². The fourth-order valence-corrected chi connectivity index (χ4v) is 1.55. The third-order valence-electron chi connectivity index (χ3n) is 2.69. The molecule has 2 rings (SSSR count). The number of anilines is 1. The van der Waals surface area contributed by atoms with Crippen LogP contribution in [0, 0.1) is 0 Å². The molecule has 0 unspecified atom stereocenters. The van der Waals surface area contributed by atoms with Crippen molar-refractivity contribution in [1.82, 2.24) is 24.8 Å². The zero-order chi connectivity index (χ0) is 14.0. The maximum atomic E-state index is 11.7. The topological polar surface area (TPSA) is 104 Å². The molecule has 1 fully saturated rings. The Morgan fingerprint density at radius 3 is 2.79 bits per heavy atom. The van der Waals surface area contributed by atoms with E-state index in [-0.39, 0.29) is 24.3 Å². The summed E-state index contributed by atoms with van der Waals surface area (Å²) in [4.78, 5) is 26.0. The molecule has 0 aromatic carbocycles. The predicted octanol–water partition coefficient (Wildman–Crippen LogP) is -1.43. The summed E-state index contributed by atoms with van der Waals surface area (Å²) < 4.78 is 1.35. The number of likely N-dealkylation sites (tertiary alicyclic amines) is 1. The summed E-state index contributed by atoms with van der Waals surface area (Å²) in [5.74, 6) is 0.149. The molecule has 104 valence electrons.